The molecule has 3 N–H and O–H groups in total. The molecule has 2 amide bonds. The molecule has 4 rings (SSSR count). The molecule has 9 heteroatoms. The molecule has 3 aromatic rings. The molecule has 3 heterocycles. The van der Waals surface area contributed by atoms with E-state index in [9.17, 15) is 9.59 Å². The van der Waals surface area contributed by atoms with Gasteiger partial charge in [0.05, 0.1) is 24.5 Å². The van der Waals surface area contributed by atoms with Crippen LogP contribution in [0.4, 0.5) is 5.95 Å². The highest BCUT2D eigenvalue weighted by Crippen LogP contribution is 2.27. The lowest BCUT2D eigenvalue weighted by Crippen LogP contribution is -2.19. The van der Waals surface area contributed by atoms with Gasteiger partial charge in [-0.05, 0) is 30.7 Å². The van der Waals surface area contributed by atoms with E-state index in [4.69, 9.17) is 15.2 Å². The van der Waals surface area contributed by atoms with Gasteiger partial charge in [-0.1, -0.05) is 19.1 Å². The molecule has 0 saturated heterocycles. The fourth-order valence-electron chi connectivity index (χ4n) is 3.51. The molecule has 160 valence electrons. The van der Waals surface area contributed by atoms with Crippen LogP contribution in [0, 0.1) is 0 Å². The van der Waals surface area contributed by atoms with Crippen molar-refractivity contribution in [1.82, 2.24) is 14.5 Å². The van der Waals surface area contributed by atoms with Crippen molar-refractivity contribution < 1.29 is 19.1 Å². The number of nitrogens with one attached hydrogen (secondary N) is 1. The minimum atomic E-state index is -0.632. The second kappa shape index (κ2) is 8.97. The lowest BCUT2D eigenvalue weighted by molar-refractivity contribution is 0.0997. The number of pyridine rings is 1. The highest BCUT2D eigenvalue weighted by atomic mass is 16.5. The fraction of sp³-hybridized carbons (Fsp3) is 0.273. The summed E-state index contributed by atoms with van der Waals surface area (Å²) in [6.07, 6.45) is 3.16. The van der Waals surface area contributed by atoms with Crippen LogP contribution in [0.3, 0.4) is 0 Å². The van der Waals surface area contributed by atoms with Gasteiger partial charge in [-0.2, -0.15) is 0 Å². The summed E-state index contributed by atoms with van der Waals surface area (Å²) in [5.74, 6) is -0.292. The average molecular weight is 421 g/mol. The van der Waals surface area contributed by atoms with Crippen LogP contribution in [0.5, 0.6) is 11.6 Å². The minimum absolute atomic E-state index is 0.0652. The van der Waals surface area contributed by atoms with Crippen molar-refractivity contribution in [3.05, 3.63) is 65.1 Å². The van der Waals surface area contributed by atoms with E-state index in [1.165, 1.54) is 6.20 Å². The molecule has 0 spiro atoms. The monoisotopic (exact) mass is 421 g/mol. The number of ether oxygens (including phenoxy) is 2. The molecule has 31 heavy (non-hydrogen) atoms. The average Bonchev–Trinajstić information content (AvgIpc) is 3.11. The van der Waals surface area contributed by atoms with Gasteiger partial charge in [0.1, 0.15) is 11.3 Å². The number of fused-ring (bicyclic) bond motifs is 1. The van der Waals surface area contributed by atoms with Crippen molar-refractivity contribution in [3.8, 4) is 11.6 Å². The van der Waals surface area contributed by atoms with Crippen molar-refractivity contribution >= 4 is 17.8 Å². The predicted octanol–water partition coefficient (Wildman–Crippen LogP) is 2.90. The van der Waals surface area contributed by atoms with Gasteiger partial charge in [0.25, 0.3) is 11.8 Å². The quantitative estimate of drug-likeness (QED) is 0.605. The Labute approximate surface area is 179 Å². The first kappa shape index (κ1) is 20.5. The van der Waals surface area contributed by atoms with Crippen LogP contribution in [0.15, 0.2) is 42.6 Å². The van der Waals surface area contributed by atoms with Crippen LogP contribution >= 0.6 is 0 Å². The molecule has 0 aliphatic carbocycles. The zero-order chi connectivity index (χ0) is 21.8. The summed E-state index contributed by atoms with van der Waals surface area (Å²) in [5.41, 5.74) is 7.76. The van der Waals surface area contributed by atoms with E-state index in [-0.39, 0.29) is 22.8 Å². The zero-order valence-corrected chi connectivity index (χ0v) is 17.1. The summed E-state index contributed by atoms with van der Waals surface area (Å²) in [6, 6.07) is 9.77. The van der Waals surface area contributed by atoms with E-state index in [1.807, 2.05) is 4.57 Å². The SMILES string of the molecule is CCCn1c(NC(=O)c2cccnc2Oc2ccccc2C(N)=O)nc2c1CCOC2. The first-order valence-electron chi connectivity index (χ1n) is 10.1. The number of amides is 2. The number of rotatable bonds is 7. The van der Waals surface area contributed by atoms with E-state index in [1.54, 1.807) is 36.4 Å². The Kier molecular flexibility index (Phi) is 5.94. The maximum absolute atomic E-state index is 13.1. The number of hydrogen-bond donors (Lipinski definition) is 2. The van der Waals surface area contributed by atoms with Gasteiger partial charge in [0.2, 0.25) is 11.8 Å². The van der Waals surface area contributed by atoms with Crippen molar-refractivity contribution in [2.24, 2.45) is 5.73 Å². The Morgan fingerprint density at radius 3 is 2.84 bits per heavy atom. The van der Waals surface area contributed by atoms with Crippen molar-refractivity contribution in [2.45, 2.75) is 32.9 Å². The Balaban J connectivity index is 1.63. The Morgan fingerprint density at radius 1 is 1.23 bits per heavy atom. The number of primary amides is 1. The fourth-order valence-corrected chi connectivity index (χ4v) is 3.51. The molecule has 0 radical (unpaired) electrons. The van der Waals surface area contributed by atoms with E-state index < -0.39 is 11.8 Å². The maximum Gasteiger partial charge on any atom is 0.263 e. The van der Waals surface area contributed by atoms with Crippen LogP contribution in [-0.4, -0.2) is 33.0 Å². The zero-order valence-electron chi connectivity index (χ0n) is 17.1. The Hall–Kier alpha value is -3.72. The topological polar surface area (TPSA) is 121 Å². The molecule has 0 bridgehead atoms. The van der Waals surface area contributed by atoms with Crippen LogP contribution in [0.25, 0.3) is 0 Å². The summed E-state index contributed by atoms with van der Waals surface area (Å²) >= 11 is 0. The van der Waals surface area contributed by atoms with E-state index >= 15 is 0 Å². The summed E-state index contributed by atoms with van der Waals surface area (Å²) in [7, 11) is 0. The van der Waals surface area contributed by atoms with E-state index in [0.29, 0.717) is 19.2 Å². The number of nitrogens with two attached hydrogens (primary N) is 1. The molecule has 0 atom stereocenters. The Morgan fingerprint density at radius 2 is 2.03 bits per heavy atom. The number of carbonyl (C=O) groups is 2. The van der Waals surface area contributed by atoms with Gasteiger partial charge in [-0.25, -0.2) is 9.97 Å². The maximum atomic E-state index is 13.1. The Bertz CT molecular complexity index is 1120. The molecular weight excluding hydrogens is 398 g/mol. The summed E-state index contributed by atoms with van der Waals surface area (Å²) in [6.45, 7) is 3.87. The van der Waals surface area contributed by atoms with Gasteiger partial charge >= 0.3 is 0 Å². The summed E-state index contributed by atoms with van der Waals surface area (Å²) in [5, 5.41) is 2.88. The number of imidazole rings is 1. The van der Waals surface area contributed by atoms with Gasteiger partial charge in [0, 0.05) is 24.9 Å². The molecule has 1 aliphatic rings. The first-order valence-corrected chi connectivity index (χ1v) is 10.1. The number of carbonyl (C=O) groups excluding carboxylic acids is 2. The van der Waals surface area contributed by atoms with Gasteiger partial charge in [0.15, 0.2) is 0 Å². The van der Waals surface area contributed by atoms with Crippen LogP contribution < -0.4 is 15.8 Å². The van der Waals surface area contributed by atoms with Crippen LogP contribution in [-0.2, 0) is 24.3 Å². The molecule has 0 unspecified atom stereocenters. The van der Waals surface area contributed by atoms with Gasteiger partial charge in [-0.3, -0.25) is 14.9 Å². The molecule has 1 aliphatic heterocycles. The third kappa shape index (κ3) is 4.26. The molecular formula is C22H23N5O4. The minimum Gasteiger partial charge on any atom is -0.437 e. The van der Waals surface area contributed by atoms with Crippen LogP contribution in [0.1, 0.15) is 45.4 Å². The lowest BCUT2D eigenvalue weighted by Gasteiger charge is -2.15. The smallest absolute Gasteiger partial charge is 0.263 e. The third-order valence-electron chi connectivity index (χ3n) is 4.92. The molecule has 0 fully saturated rings. The molecule has 2 aromatic heterocycles. The number of aromatic nitrogens is 3. The molecule has 0 saturated carbocycles. The van der Waals surface area contributed by atoms with Crippen molar-refractivity contribution in [3.63, 3.8) is 0 Å². The van der Waals surface area contributed by atoms with Gasteiger partial charge in [-0.15, -0.1) is 0 Å². The highest BCUT2D eigenvalue weighted by molar-refractivity contribution is 6.05. The lowest BCUT2D eigenvalue weighted by atomic mass is 10.2. The van der Waals surface area contributed by atoms with Crippen LogP contribution in [0.2, 0.25) is 0 Å². The van der Waals surface area contributed by atoms with Crippen molar-refractivity contribution in [1.29, 1.82) is 0 Å². The number of hydrogen-bond acceptors (Lipinski definition) is 6. The molecule has 9 nitrogen and oxygen atoms in total. The second-order valence-corrected chi connectivity index (χ2v) is 7.06. The third-order valence-corrected chi connectivity index (χ3v) is 4.92. The standard InChI is InChI=1S/C22H23N5O4/c1-2-11-27-17-9-12-30-13-16(17)25-22(27)26-20(29)15-7-5-10-24-21(15)31-18-8-4-3-6-14(18)19(23)28/h3-8,10H,2,9,11-13H2,1H3,(H2,23,28)(H,25,26,29). The molecule has 1 aromatic carbocycles. The second-order valence-electron chi connectivity index (χ2n) is 7.06. The summed E-state index contributed by atoms with van der Waals surface area (Å²) in [4.78, 5) is 33.5. The normalized spacial score (nSPS) is 12.8. The first-order chi connectivity index (χ1) is 15.1. The number of para-hydroxylation sites is 1. The number of anilines is 1. The van der Waals surface area contributed by atoms with Crippen molar-refractivity contribution in [2.75, 3.05) is 11.9 Å². The van der Waals surface area contributed by atoms with E-state index in [2.05, 4.69) is 22.2 Å². The van der Waals surface area contributed by atoms with E-state index in [0.717, 1.165) is 30.8 Å². The number of benzene rings is 1. The number of nitrogens with zero attached hydrogens (tertiary/aromatic N) is 3. The van der Waals surface area contributed by atoms with Gasteiger partial charge < -0.3 is 19.8 Å². The predicted molar refractivity (Wildman–Crippen MR) is 113 cm³/mol. The largest absolute Gasteiger partial charge is 0.437 e. The highest BCUT2D eigenvalue weighted by Gasteiger charge is 2.23. The summed E-state index contributed by atoms with van der Waals surface area (Å²) < 4.78 is 13.3.